The molecule has 1 fully saturated rings. The average Bonchev–Trinajstić information content (AvgIpc) is 3.31. The van der Waals surface area contributed by atoms with Crippen molar-refractivity contribution in [2.24, 2.45) is 5.92 Å². The standard InChI is InChI=1S/C20H22N4O2/c1-14-7-9-23(18(10-14)19-6-5-15(2)26-19)20(25)16-11-22-24(13-16)17-4-3-8-21-12-17/h3-6,8,11-14,18H,7,9-10H2,1-2H3. The number of amides is 1. The summed E-state index contributed by atoms with van der Waals surface area (Å²) >= 11 is 0. The van der Waals surface area contributed by atoms with Crippen molar-refractivity contribution in [2.45, 2.75) is 32.7 Å². The fraction of sp³-hybridized carbons (Fsp3) is 0.350. The first-order valence-electron chi connectivity index (χ1n) is 8.94. The fourth-order valence-electron chi connectivity index (χ4n) is 3.52. The van der Waals surface area contributed by atoms with Gasteiger partial charge in [-0.25, -0.2) is 4.68 Å². The molecule has 26 heavy (non-hydrogen) atoms. The number of carbonyl (C=O) groups is 1. The van der Waals surface area contributed by atoms with Crippen LogP contribution >= 0.6 is 0 Å². The van der Waals surface area contributed by atoms with Crippen molar-refractivity contribution in [3.05, 3.63) is 66.1 Å². The maximum Gasteiger partial charge on any atom is 0.257 e. The molecule has 6 heteroatoms. The number of rotatable bonds is 3. The lowest BCUT2D eigenvalue weighted by Gasteiger charge is -2.37. The van der Waals surface area contributed by atoms with Crippen LogP contribution in [0.15, 0.2) is 53.5 Å². The molecule has 4 heterocycles. The minimum Gasteiger partial charge on any atom is -0.464 e. The number of carbonyl (C=O) groups excluding carboxylic acids is 1. The third kappa shape index (κ3) is 3.14. The molecule has 0 saturated carbocycles. The first kappa shape index (κ1) is 16.6. The average molecular weight is 350 g/mol. The van der Waals surface area contributed by atoms with E-state index in [2.05, 4.69) is 17.0 Å². The van der Waals surface area contributed by atoms with Gasteiger partial charge >= 0.3 is 0 Å². The van der Waals surface area contributed by atoms with E-state index in [9.17, 15) is 4.79 Å². The van der Waals surface area contributed by atoms with Crippen LogP contribution in [-0.4, -0.2) is 32.1 Å². The number of nitrogens with zero attached hydrogens (tertiary/aromatic N) is 4. The smallest absolute Gasteiger partial charge is 0.257 e. The summed E-state index contributed by atoms with van der Waals surface area (Å²) < 4.78 is 7.52. The quantitative estimate of drug-likeness (QED) is 0.721. The molecule has 0 aromatic carbocycles. The van der Waals surface area contributed by atoms with Gasteiger partial charge in [-0.2, -0.15) is 5.10 Å². The van der Waals surface area contributed by atoms with Crippen LogP contribution in [-0.2, 0) is 0 Å². The number of hydrogen-bond acceptors (Lipinski definition) is 4. The molecule has 0 N–H and O–H groups in total. The summed E-state index contributed by atoms with van der Waals surface area (Å²) in [5.41, 5.74) is 1.41. The molecule has 3 aromatic heterocycles. The van der Waals surface area contributed by atoms with Crippen molar-refractivity contribution in [2.75, 3.05) is 6.54 Å². The lowest BCUT2D eigenvalue weighted by molar-refractivity contribution is 0.0519. The first-order chi connectivity index (χ1) is 12.6. The second-order valence-electron chi connectivity index (χ2n) is 6.98. The summed E-state index contributed by atoms with van der Waals surface area (Å²) in [6, 6.07) is 7.67. The van der Waals surface area contributed by atoms with Crippen LogP contribution in [0.5, 0.6) is 0 Å². The Morgan fingerprint density at radius 1 is 1.27 bits per heavy atom. The Hall–Kier alpha value is -2.89. The van der Waals surface area contributed by atoms with Gasteiger partial charge in [0.2, 0.25) is 0 Å². The molecule has 6 nitrogen and oxygen atoms in total. The molecular weight excluding hydrogens is 328 g/mol. The zero-order chi connectivity index (χ0) is 18.1. The summed E-state index contributed by atoms with van der Waals surface area (Å²) in [6.45, 7) is 4.88. The second-order valence-corrected chi connectivity index (χ2v) is 6.98. The lowest BCUT2D eigenvalue weighted by atomic mass is 9.90. The highest BCUT2D eigenvalue weighted by Gasteiger charge is 2.33. The topological polar surface area (TPSA) is 64.2 Å². The van der Waals surface area contributed by atoms with Crippen molar-refractivity contribution < 1.29 is 9.21 Å². The van der Waals surface area contributed by atoms with Crippen molar-refractivity contribution in [1.29, 1.82) is 0 Å². The van der Waals surface area contributed by atoms with Gasteiger partial charge in [-0.05, 0) is 49.9 Å². The van der Waals surface area contributed by atoms with Crippen LogP contribution < -0.4 is 0 Å². The lowest BCUT2D eigenvalue weighted by Crippen LogP contribution is -2.40. The van der Waals surface area contributed by atoms with E-state index in [0.717, 1.165) is 36.6 Å². The highest BCUT2D eigenvalue weighted by molar-refractivity contribution is 5.94. The highest BCUT2D eigenvalue weighted by Crippen LogP contribution is 2.35. The molecule has 4 rings (SSSR count). The number of hydrogen-bond donors (Lipinski definition) is 0. The zero-order valence-electron chi connectivity index (χ0n) is 15.0. The van der Waals surface area contributed by atoms with Crippen molar-refractivity contribution in [3.8, 4) is 5.69 Å². The van der Waals surface area contributed by atoms with E-state index in [0.29, 0.717) is 11.5 Å². The Bertz CT molecular complexity index is 899. The molecule has 1 saturated heterocycles. The molecule has 134 valence electrons. The van der Waals surface area contributed by atoms with Crippen LogP contribution in [0.2, 0.25) is 0 Å². The molecule has 0 radical (unpaired) electrons. The summed E-state index contributed by atoms with van der Waals surface area (Å²) in [4.78, 5) is 19.2. The van der Waals surface area contributed by atoms with E-state index < -0.39 is 0 Å². The van der Waals surface area contributed by atoms with E-state index in [-0.39, 0.29) is 11.9 Å². The molecule has 3 aromatic rings. The van der Waals surface area contributed by atoms with Crippen molar-refractivity contribution in [3.63, 3.8) is 0 Å². The van der Waals surface area contributed by atoms with E-state index in [1.807, 2.05) is 36.1 Å². The largest absolute Gasteiger partial charge is 0.464 e. The van der Waals surface area contributed by atoms with Crippen LogP contribution in [0.3, 0.4) is 0 Å². The maximum atomic E-state index is 13.2. The summed E-state index contributed by atoms with van der Waals surface area (Å²) in [6.07, 6.45) is 8.73. The van der Waals surface area contributed by atoms with Crippen LogP contribution in [0.1, 0.15) is 47.7 Å². The molecule has 0 bridgehead atoms. The van der Waals surface area contributed by atoms with Crippen LogP contribution in [0.25, 0.3) is 5.69 Å². The number of aromatic nitrogens is 3. The Morgan fingerprint density at radius 3 is 2.88 bits per heavy atom. The van der Waals surface area contributed by atoms with Gasteiger partial charge in [-0.1, -0.05) is 6.92 Å². The van der Waals surface area contributed by atoms with Crippen LogP contribution in [0.4, 0.5) is 0 Å². The number of piperidine rings is 1. The molecule has 1 aliphatic rings. The Morgan fingerprint density at radius 2 is 2.15 bits per heavy atom. The van der Waals surface area contributed by atoms with Crippen molar-refractivity contribution in [1.82, 2.24) is 19.7 Å². The summed E-state index contributed by atoms with van der Waals surface area (Å²) in [5, 5.41) is 4.32. The fourth-order valence-corrected chi connectivity index (χ4v) is 3.52. The Kier molecular flexibility index (Phi) is 4.32. The predicted octanol–water partition coefficient (Wildman–Crippen LogP) is 3.78. The van der Waals surface area contributed by atoms with E-state index >= 15 is 0 Å². The second kappa shape index (κ2) is 6.78. The normalized spacial score (nSPS) is 20.3. The van der Waals surface area contributed by atoms with Gasteiger partial charge in [0.15, 0.2) is 0 Å². The minimum atomic E-state index is -0.0262. The Labute approximate surface area is 152 Å². The third-order valence-corrected chi connectivity index (χ3v) is 4.96. The molecule has 1 aliphatic heterocycles. The van der Waals surface area contributed by atoms with E-state index in [1.165, 1.54) is 0 Å². The first-order valence-corrected chi connectivity index (χ1v) is 8.94. The van der Waals surface area contributed by atoms with Gasteiger partial charge in [-0.15, -0.1) is 0 Å². The maximum absolute atomic E-state index is 13.2. The molecule has 1 amide bonds. The van der Waals surface area contributed by atoms with Gasteiger partial charge < -0.3 is 9.32 Å². The third-order valence-electron chi connectivity index (χ3n) is 4.96. The number of furan rings is 1. The number of aryl methyl sites for hydroxylation is 1. The van der Waals surface area contributed by atoms with Gasteiger partial charge in [0, 0.05) is 18.9 Å². The number of pyridine rings is 1. The molecule has 2 atom stereocenters. The van der Waals surface area contributed by atoms with Gasteiger partial charge in [0.1, 0.15) is 11.5 Å². The Balaban J connectivity index is 1.61. The molecular formula is C20H22N4O2. The van der Waals surface area contributed by atoms with Gasteiger partial charge in [0.05, 0.1) is 29.7 Å². The SMILES string of the molecule is Cc1ccc(C2CC(C)CCN2C(=O)c2cnn(-c3cccnc3)c2)o1. The van der Waals surface area contributed by atoms with E-state index in [1.54, 1.807) is 29.5 Å². The zero-order valence-corrected chi connectivity index (χ0v) is 15.0. The molecule has 0 aliphatic carbocycles. The predicted molar refractivity (Wildman–Crippen MR) is 97.0 cm³/mol. The highest BCUT2D eigenvalue weighted by atomic mass is 16.3. The minimum absolute atomic E-state index is 0.00825. The summed E-state index contributed by atoms with van der Waals surface area (Å²) in [5.74, 6) is 2.29. The van der Waals surface area contributed by atoms with Crippen LogP contribution in [0, 0.1) is 12.8 Å². The van der Waals surface area contributed by atoms with Gasteiger partial charge in [0.25, 0.3) is 5.91 Å². The summed E-state index contributed by atoms with van der Waals surface area (Å²) in [7, 11) is 0. The molecule has 2 unspecified atom stereocenters. The monoisotopic (exact) mass is 350 g/mol. The molecule has 0 spiro atoms. The van der Waals surface area contributed by atoms with Gasteiger partial charge in [-0.3, -0.25) is 9.78 Å². The number of likely N-dealkylation sites (tertiary alicyclic amines) is 1. The van der Waals surface area contributed by atoms with E-state index in [4.69, 9.17) is 4.42 Å². The van der Waals surface area contributed by atoms with Crippen molar-refractivity contribution >= 4 is 5.91 Å².